The summed E-state index contributed by atoms with van der Waals surface area (Å²) in [5, 5.41) is 4.51. The molecule has 29 heavy (non-hydrogen) atoms. The first-order valence-electron chi connectivity index (χ1n) is 10.0. The molecular weight excluding hydrogens is 366 g/mol. The van der Waals surface area contributed by atoms with Crippen LogP contribution in [0, 0.1) is 13.8 Å². The van der Waals surface area contributed by atoms with Gasteiger partial charge in [-0.2, -0.15) is 5.10 Å². The molecule has 7 nitrogen and oxygen atoms in total. The predicted octanol–water partition coefficient (Wildman–Crippen LogP) is 2.73. The van der Waals surface area contributed by atoms with Crippen molar-refractivity contribution in [1.29, 1.82) is 0 Å². The third kappa shape index (κ3) is 3.99. The van der Waals surface area contributed by atoms with Gasteiger partial charge in [-0.3, -0.25) is 14.2 Å². The molecule has 1 aliphatic rings. The van der Waals surface area contributed by atoms with E-state index in [9.17, 15) is 9.59 Å². The highest BCUT2D eigenvalue weighted by atomic mass is 16.2. The highest BCUT2D eigenvalue weighted by molar-refractivity contribution is 5.76. The first kappa shape index (κ1) is 19.1. The van der Waals surface area contributed by atoms with E-state index in [-0.39, 0.29) is 18.0 Å². The van der Waals surface area contributed by atoms with Crippen LogP contribution in [-0.4, -0.2) is 43.2 Å². The maximum atomic E-state index is 13.1. The number of nitrogens with zero attached hydrogens (tertiary/aromatic N) is 5. The van der Waals surface area contributed by atoms with Crippen LogP contribution in [0.15, 0.2) is 47.3 Å². The number of piperidine rings is 1. The second-order valence-corrected chi connectivity index (χ2v) is 7.51. The zero-order valence-corrected chi connectivity index (χ0v) is 16.8. The molecule has 0 radical (unpaired) electrons. The Bertz CT molecular complexity index is 1080. The van der Waals surface area contributed by atoms with Crippen molar-refractivity contribution in [2.45, 2.75) is 39.7 Å². The molecule has 0 atom stereocenters. The molecule has 3 aromatic rings. The number of carbonyl (C=O) groups excluding carboxylic acids is 1. The molecule has 2 aromatic heterocycles. The average Bonchev–Trinajstić information content (AvgIpc) is 3.08. The Kier molecular flexibility index (Phi) is 5.29. The first-order chi connectivity index (χ1) is 14.0. The number of carbonyl (C=O) groups is 1. The summed E-state index contributed by atoms with van der Waals surface area (Å²) >= 11 is 0. The molecule has 150 valence electrons. The summed E-state index contributed by atoms with van der Waals surface area (Å²) in [5.41, 5.74) is 2.85. The smallest absolute Gasteiger partial charge is 0.256 e. The number of likely N-dealkylation sites (tertiary alicyclic amines) is 1. The van der Waals surface area contributed by atoms with Crippen molar-refractivity contribution in [3.8, 4) is 17.2 Å². The summed E-state index contributed by atoms with van der Waals surface area (Å²) in [5.74, 6) is 0.316. The summed E-state index contributed by atoms with van der Waals surface area (Å²) in [4.78, 5) is 32.5. The monoisotopic (exact) mass is 391 g/mol. The van der Waals surface area contributed by atoms with Crippen molar-refractivity contribution in [2.24, 2.45) is 0 Å². The van der Waals surface area contributed by atoms with Crippen LogP contribution in [0.3, 0.4) is 0 Å². The molecular formula is C22H25N5O2. The Balaban J connectivity index is 1.80. The molecule has 7 heteroatoms. The minimum Gasteiger partial charge on any atom is -0.341 e. The summed E-state index contributed by atoms with van der Waals surface area (Å²) in [7, 11) is 0. The summed E-state index contributed by atoms with van der Waals surface area (Å²) < 4.78 is 3.08. The summed E-state index contributed by atoms with van der Waals surface area (Å²) in [6, 6.07) is 13.0. The van der Waals surface area contributed by atoms with Gasteiger partial charge in [-0.25, -0.2) is 9.67 Å². The molecule has 1 aliphatic heterocycles. The number of rotatable bonds is 4. The standard InChI is InChI=1S/C22H25N5O2/c1-16-13-17(2)27(24-16)22-23-19(18-9-5-3-6-10-18)14-20(28)26(22)15-21(29)25-11-7-4-8-12-25/h3,5-6,9-10,13-14H,4,7-8,11-12,15H2,1-2H3. The maximum absolute atomic E-state index is 13.1. The van der Waals surface area contributed by atoms with Gasteiger partial charge in [-0.1, -0.05) is 30.3 Å². The van der Waals surface area contributed by atoms with Gasteiger partial charge in [-0.05, 0) is 39.2 Å². The van der Waals surface area contributed by atoms with Crippen molar-refractivity contribution in [3.05, 3.63) is 64.2 Å². The molecule has 1 amide bonds. The Labute approximate surface area is 169 Å². The van der Waals surface area contributed by atoms with E-state index in [0.717, 1.165) is 49.3 Å². The largest absolute Gasteiger partial charge is 0.341 e. The number of benzene rings is 1. The van der Waals surface area contributed by atoms with Gasteiger partial charge in [0.05, 0.1) is 11.4 Å². The quantitative estimate of drug-likeness (QED) is 0.685. The summed E-state index contributed by atoms with van der Waals surface area (Å²) in [6.45, 7) is 5.27. The van der Waals surface area contributed by atoms with Gasteiger partial charge in [-0.15, -0.1) is 0 Å². The fourth-order valence-corrected chi connectivity index (χ4v) is 3.77. The molecule has 0 bridgehead atoms. The third-order valence-electron chi connectivity index (χ3n) is 5.26. The van der Waals surface area contributed by atoms with Crippen molar-refractivity contribution in [3.63, 3.8) is 0 Å². The van der Waals surface area contributed by atoms with E-state index in [1.807, 2.05) is 55.1 Å². The number of amides is 1. The van der Waals surface area contributed by atoms with Gasteiger partial charge >= 0.3 is 0 Å². The van der Waals surface area contributed by atoms with Crippen molar-refractivity contribution in [2.75, 3.05) is 13.1 Å². The van der Waals surface area contributed by atoms with Crippen LogP contribution < -0.4 is 5.56 Å². The van der Waals surface area contributed by atoms with Crippen molar-refractivity contribution < 1.29 is 4.79 Å². The molecule has 0 unspecified atom stereocenters. The van der Waals surface area contributed by atoms with E-state index in [1.54, 1.807) is 4.68 Å². The first-order valence-corrected chi connectivity index (χ1v) is 10.0. The van der Waals surface area contributed by atoms with Crippen molar-refractivity contribution in [1.82, 2.24) is 24.2 Å². The molecule has 0 saturated carbocycles. The summed E-state index contributed by atoms with van der Waals surface area (Å²) in [6.07, 6.45) is 3.17. The van der Waals surface area contributed by atoms with Crippen LogP contribution in [0.5, 0.6) is 0 Å². The normalized spacial score (nSPS) is 14.2. The molecule has 0 aliphatic carbocycles. The second-order valence-electron chi connectivity index (χ2n) is 7.51. The zero-order chi connectivity index (χ0) is 20.4. The van der Waals surface area contributed by atoms with E-state index < -0.39 is 0 Å². The van der Waals surface area contributed by atoms with Crippen LogP contribution in [-0.2, 0) is 11.3 Å². The Morgan fingerprint density at radius 1 is 1.03 bits per heavy atom. The Hall–Kier alpha value is -3.22. The highest BCUT2D eigenvalue weighted by Gasteiger charge is 2.21. The minimum absolute atomic E-state index is 0.0332. The molecule has 1 fully saturated rings. The maximum Gasteiger partial charge on any atom is 0.256 e. The van der Waals surface area contributed by atoms with Gasteiger partial charge in [0, 0.05) is 30.4 Å². The molecule has 0 spiro atoms. The lowest BCUT2D eigenvalue weighted by molar-refractivity contribution is -0.132. The van der Waals surface area contributed by atoms with Gasteiger partial charge < -0.3 is 4.90 Å². The number of aryl methyl sites for hydroxylation is 2. The van der Waals surface area contributed by atoms with Crippen LogP contribution in [0.2, 0.25) is 0 Å². The lowest BCUT2D eigenvalue weighted by Crippen LogP contribution is -2.40. The molecule has 3 heterocycles. The second kappa shape index (κ2) is 8.03. The molecule has 1 saturated heterocycles. The minimum atomic E-state index is -0.258. The molecule has 4 rings (SSSR count). The van der Waals surface area contributed by atoms with Crippen LogP contribution in [0.1, 0.15) is 30.7 Å². The fraction of sp³-hybridized carbons (Fsp3) is 0.364. The lowest BCUT2D eigenvalue weighted by atomic mass is 10.1. The topological polar surface area (TPSA) is 73.0 Å². The van der Waals surface area contributed by atoms with E-state index in [2.05, 4.69) is 5.10 Å². The van der Waals surface area contributed by atoms with Gasteiger partial charge in [0.2, 0.25) is 11.9 Å². The average molecular weight is 391 g/mol. The van der Waals surface area contributed by atoms with E-state index in [0.29, 0.717) is 11.6 Å². The Morgan fingerprint density at radius 2 is 1.76 bits per heavy atom. The zero-order valence-electron chi connectivity index (χ0n) is 16.8. The highest BCUT2D eigenvalue weighted by Crippen LogP contribution is 2.18. The SMILES string of the molecule is Cc1cc(C)n(-c2nc(-c3ccccc3)cc(=O)n2CC(=O)N2CCCCC2)n1. The molecule has 0 N–H and O–H groups in total. The van der Waals surface area contributed by atoms with Crippen LogP contribution in [0.25, 0.3) is 17.2 Å². The number of hydrogen-bond acceptors (Lipinski definition) is 4. The lowest BCUT2D eigenvalue weighted by Gasteiger charge is -2.27. The number of hydrogen-bond donors (Lipinski definition) is 0. The third-order valence-corrected chi connectivity index (χ3v) is 5.26. The van der Waals surface area contributed by atoms with E-state index in [1.165, 1.54) is 10.6 Å². The van der Waals surface area contributed by atoms with Crippen LogP contribution >= 0.6 is 0 Å². The van der Waals surface area contributed by atoms with Gasteiger partial charge in [0.1, 0.15) is 6.54 Å². The Morgan fingerprint density at radius 3 is 2.41 bits per heavy atom. The van der Waals surface area contributed by atoms with Crippen molar-refractivity contribution >= 4 is 5.91 Å². The fourth-order valence-electron chi connectivity index (χ4n) is 3.77. The van der Waals surface area contributed by atoms with Gasteiger partial charge in [0.25, 0.3) is 5.56 Å². The van der Waals surface area contributed by atoms with Crippen LogP contribution in [0.4, 0.5) is 0 Å². The number of aromatic nitrogens is 4. The van der Waals surface area contributed by atoms with E-state index >= 15 is 0 Å². The predicted molar refractivity (Wildman–Crippen MR) is 111 cm³/mol. The molecule has 1 aromatic carbocycles. The van der Waals surface area contributed by atoms with E-state index in [4.69, 9.17) is 4.98 Å². The van der Waals surface area contributed by atoms with Gasteiger partial charge in [0.15, 0.2) is 0 Å².